The fourth-order valence-electron chi connectivity index (χ4n) is 2.86. The minimum atomic E-state index is -0.134. The highest BCUT2D eigenvalue weighted by molar-refractivity contribution is 5.95. The summed E-state index contributed by atoms with van der Waals surface area (Å²) >= 11 is 0. The van der Waals surface area contributed by atoms with Gasteiger partial charge in [-0.05, 0) is 29.8 Å². The maximum absolute atomic E-state index is 12.5. The van der Waals surface area contributed by atoms with Crippen molar-refractivity contribution in [2.75, 3.05) is 0 Å². The quantitative estimate of drug-likeness (QED) is 0.518. The lowest BCUT2D eigenvalue weighted by molar-refractivity contribution is 0.0951. The van der Waals surface area contributed by atoms with Gasteiger partial charge in [0.05, 0.1) is 5.69 Å². The van der Waals surface area contributed by atoms with E-state index in [1.807, 2.05) is 78.9 Å². The number of carbonyl (C=O) groups is 1. The number of benzene rings is 3. The number of hydrogen-bond donors (Lipinski definition) is 1. The molecule has 0 radical (unpaired) electrons. The van der Waals surface area contributed by atoms with Crippen LogP contribution in [0.25, 0.3) is 11.3 Å². The lowest BCUT2D eigenvalue weighted by Gasteiger charge is -2.08. The fraction of sp³-hybridized carbons (Fsp3) is 0.0417. The minimum absolute atomic E-state index is 0.134. The number of aromatic nitrogens is 2. The van der Waals surface area contributed by atoms with Crippen LogP contribution in [0, 0.1) is 0 Å². The van der Waals surface area contributed by atoms with Gasteiger partial charge in [-0.1, -0.05) is 60.7 Å². The summed E-state index contributed by atoms with van der Waals surface area (Å²) < 4.78 is 5.78. The van der Waals surface area contributed by atoms with Gasteiger partial charge >= 0.3 is 0 Å². The summed E-state index contributed by atoms with van der Waals surface area (Å²) in [7, 11) is 0. The molecule has 0 aliphatic heterocycles. The Hall–Kier alpha value is -3.99. The van der Waals surface area contributed by atoms with Gasteiger partial charge in [-0.3, -0.25) is 4.79 Å². The maximum Gasteiger partial charge on any atom is 0.251 e. The first kappa shape index (κ1) is 18.4. The Morgan fingerprint density at radius 1 is 0.828 bits per heavy atom. The zero-order valence-electron chi connectivity index (χ0n) is 15.7. The Kier molecular flexibility index (Phi) is 5.58. The second kappa shape index (κ2) is 8.80. The van der Waals surface area contributed by atoms with Crippen LogP contribution in [0.3, 0.4) is 0 Å². The van der Waals surface area contributed by atoms with Crippen LogP contribution >= 0.6 is 0 Å². The molecule has 142 valence electrons. The molecule has 1 amide bonds. The average molecular weight is 381 g/mol. The summed E-state index contributed by atoms with van der Waals surface area (Å²) in [6, 6.07) is 28.3. The lowest BCUT2D eigenvalue weighted by atomic mass is 10.1. The number of ether oxygens (including phenoxy) is 1. The Bertz CT molecular complexity index is 1100. The zero-order valence-corrected chi connectivity index (χ0v) is 15.7. The largest absolute Gasteiger partial charge is 0.439 e. The molecule has 0 atom stereocenters. The molecule has 0 saturated carbocycles. The molecular formula is C24H19N3O2. The average Bonchev–Trinajstić information content (AvgIpc) is 2.79. The van der Waals surface area contributed by atoms with Crippen LogP contribution in [-0.4, -0.2) is 15.9 Å². The van der Waals surface area contributed by atoms with E-state index in [2.05, 4.69) is 15.3 Å². The van der Waals surface area contributed by atoms with Gasteiger partial charge in [0.1, 0.15) is 12.1 Å². The highest BCUT2D eigenvalue weighted by Crippen LogP contribution is 2.24. The van der Waals surface area contributed by atoms with E-state index in [9.17, 15) is 4.79 Å². The second-order valence-electron chi connectivity index (χ2n) is 6.41. The monoisotopic (exact) mass is 381 g/mol. The smallest absolute Gasteiger partial charge is 0.251 e. The minimum Gasteiger partial charge on any atom is -0.439 e. The Balaban J connectivity index is 1.49. The molecule has 4 aromatic rings. The van der Waals surface area contributed by atoms with Gasteiger partial charge in [-0.2, -0.15) is 0 Å². The molecular weight excluding hydrogens is 362 g/mol. The number of amides is 1. The van der Waals surface area contributed by atoms with E-state index < -0.39 is 0 Å². The van der Waals surface area contributed by atoms with Crippen LogP contribution < -0.4 is 10.1 Å². The van der Waals surface area contributed by atoms with Gasteiger partial charge < -0.3 is 10.1 Å². The molecule has 5 nitrogen and oxygen atoms in total. The molecule has 0 aliphatic rings. The summed E-state index contributed by atoms with van der Waals surface area (Å²) in [4.78, 5) is 21.0. The van der Waals surface area contributed by atoms with Crippen molar-refractivity contribution in [2.45, 2.75) is 6.54 Å². The van der Waals surface area contributed by atoms with Gasteiger partial charge in [-0.15, -0.1) is 0 Å². The van der Waals surface area contributed by atoms with Gasteiger partial charge in [0.2, 0.25) is 5.88 Å². The molecule has 1 aromatic heterocycles. The maximum atomic E-state index is 12.5. The van der Waals surface area contributed by atoms with Crippen molar-refractivity contribution in [1.29, 1.82) is 0 Å². The van der Waals surface area contributed by atoms with Gasteiger partial charge in [0.15, 0.2) is 0 Å². The first-order valence-electron chi connectivity index (χ1n) is 9.25. The third-order valence-corrected chi connectivity index (χ3v) is 4.32. The summed E-state index contributed by atoms with van der Waals surface area (Å²) in [6.07, 6.45) is 1.45. The molecule has 1 heterocycles. The third-order valence-electron chi connectivity index (χ3n) is 4.32. The Labute approximate surface area is 169 Å². The van der Waals surface area contributed by atoms with Crippen molar-refractivity contribution in [3.8, 4) is 22.9 Å². The predicted molar refractivity (Wildman–Crippen MR) is 112 cm³/mol. The third kappa shape index (κ3) is 4.84. The summed E-state index contributed by atoms with van der Waals surface area (Å²) in [5.74, 6) is 1.01. The van der Waals surface area contributed by atoms with Gasteiger partial charge in [-0.25, -0.2) is 9.97 Å². The molecule has 1 N–H and O–H groups in total. The molecule has 0 unspecified atom stereocenters. The van der Waals surface area contributed by atoms with E-state index in [4.69, 9.17) is 4.74 Å². The van der Waals surface area contributed by atoms with E-state index in [1.165, 1.54) is 6.33 Å². The number of rotatable bonds is 6. The van der Waals surface area contributed by atoms with Gasteiger partial charge in [0.25, 0.3) is 5.91 Å². The van der Waals surface area contributed by atoms with Crippen LogP contribution in [-0.2, 0) is 6.54 Å². The molecule has 0 spiro atoms. The van der Waals surface area contributed by atoms with E-state index in [0.717, 1.165) is 11.1 Å². The van der Waals surface area contributed by atoms with Crippen LogP contribution in [0.2, 0.25) is 0 Å². The fourth-order valence-corrected chi connectivity index (χ4v) is 2.86. The van der Waals surface area contributed by atoms with E-state index in [-0.39, 0.29) is 5.91 Å². The topological polar surface area (TPSA) is 64.1 Å². The number of carbonyl (C=O) groups excluding carboxylic acids is 1. The highest BCUT2D eigenvalue weighted by Gasteiger charge is 2.09. The molecule has 0 fully saturated rings. The van der Waals surface area contributed by atoms with Crippen LogP contribution in [0.1, 0.15) is 15.9 Å². The van der Waals surface area contributed by atoms with Crippen molar-refractivity contribution in [3.63, 3.8) is 0 Å². The molecule has 3 aromatic carbocycles. The van der Waals surface area contributed by atoms with E-state index in [1.54, 1.807) is 12.1 Å². The first-order valence-corrected chi connectivity index (χ1v) is 9.25. The van der Waals surface area contributed by atoms with E-state index >= 15 is 0 Å². The molecule has 29 heavy (non-hydrogen) atoms. The number of hydrogen-bond acceptors (Lipinski definition) is 4. The number of nitrogens with zero attached hydrogens (tertiary/aromatic N) is 2. The van der Waals surface area contributed by atoms with Crippen molar-refractivity contribution in [1.82, 2.24) is 15.3 Å². The molecule has 5 heteroatoms. The molecule has 0 bridgehead atoms. The van der Waals surface area contributed by atoms with Crippen molar-refractivity contribution >= 4 is 5.91 Å². The van der Waals surface area contributed by atoms with Crippen molar-refractivity contribution in [2.24, 2.45) is 0 Å². The number of nitrogens with one attached hydrogen (secondary N) is 1. The molecule has 4 rings (SSSR count). The van der Waals surface area contributed by atoms with Crippen LogP contribution in [0.4, 0.5) is 0 Å². The van der Waals surface area contributed by atoms with Crippen molar-refractivity contribution in [3.05, 3.63) is 108 Å². The standard InChI is InChI=1S/C24H19N3O2/c28-24(25-16-18-8-3-1-4-9-18)20-11-7-10-19(14-20)22-15-23(27-17-26-22)29-21-12-5-2-6-13-21/h1-15,17H,16H2,(H,25,28). The van der Waals surface area contributed by atoms with Crippen LogP contribution in [0.15, 0.2) is 97.3 Å². The highest BCUT2D eigenvalue weighted by atomic mass is 16.5. The Morgan fingerprint density at radius 3 is 2.38 bits per heavy atom. The summed E-state index contributed by atoms with van der Waals surface area (Å²) in [6.45, 7) is 0.479. The summed E-state index contributed by atoms with van der Waals surface area (Å²) in [5.41, 5.74) is 3.12. The molecule has 0 saturated heterocycles. The van der Waals surface area contributed by atoms with E-state index in [0.29, 0.717) is 29.4 Å². The first-order chi connectivity index (χ1) is 14.3. The van der Waals surface area contributed by atoms with Crippen molar-refractivity contribution < 1.29 is 9.53 Å². The van der Waals surface area contributed by atoms with Crippen LogP contribution in [0.5, 0.6) is 11.6 Å². The zero-order chi connectivity index (χ0) is 19.9. The predicted octanol–water partition coefficient (Wildman–Crippen LogP) is 4.87. The molecule has 0 aliphatic carbocycles. The second-order valence-corrected chi connectivity index (χ2v) is 6.41. The SMILES string of the molecule is O=C(NCc1ccccc1)c1cccc(-c2cc(Oc3ccccc3)ncn2)c1. The Morgan fingerprint density at radius 2 is 1.59 bits per heavy atom. The van der Waals surface area contributed by atoms with Gasteiger partial charge in [0, 0.05) is 23.7 Å². The number of para-hydroxylation sites is 1. The lowest BCUT2D eigenvalue weighted by Crippen LogP contribution is -2.22. The summed E-state index contributed by atoms with van der Waals surface area (Å²) in [5, 5.41) is 2.94. The normalized spacial score (nSPS) is 10.3.